The van der Waals surface area contributed by atoms with E-state index in [9.17, 15) is 23.6 Å². The first-order valence-corrected chi connectivity index (χ1v) is 8.83. The van der Waals surface area contributed by atoms with E-state index in [0.717, 1.165) is 12.1 Å². The van der Waals surface area contributed by atoms with Crippen LogP contribution in [0, 0.1) is 10.1 Å². The third-order valence-electron chi connectivity index (χ3n) is 3.18. The van der Waals surface area contributed by atoms with E-state index in [-0.39, 0.29) is 22.1 Å². The molecule has 0 saturated heterocycles. The van der Waals surface area contributed by atoms with Gasteiger partial charge in [0, 0.05) is 6.07 Å². The summed E-state index contributed by atoms with van der Waals surface area (Å²) >= 11 is 0. The number of nitrogens with one attached hydrogen (secondary N) is 1. The number of ether oxygens (including phenoxy) is 1. The molecule has 2 rings (SSSR count). The number of nitrogens with zero attached hydrogens (tertiary/aromatic N) is 2. The van der Waals surface area contributed by atoms with Gasteiger partial charge >= 0.3 is 0 Å². The van der Waals surface area contributed by atoms with Gasteiger partial charge in [0.1, 0.15) is 5.69 Å². The summed E-state index contributed by atoms with van der Waals surface area (Å²) in [7, 11) is -4.06. The molecule has 0 saturated carbocycles. The molecule has 0 aromatic heterocycles. The second kappa shape index (κ2) is 7.80. The molecule has 0 bridgehead atoms. The molecule has 11 heteroatoms. The van der Waals surface area contributed by atoms with E-state index in [1.54, 1.807) is 19.1 Å². The summed E-state index contributed by atoms with van der Waals surface area (Å²) in [6, 6.07) is 7.71. The Morgan fingerprint density at radius 2 is 2.08 bits per heavy atom. The number of phenolic OH excluding ortho intramolecular Hbond substituents is 1. The summed E-state index contributed by atoms with van der Waals surface area (Å²) in [6.45, 7) is 2.14. The van der Waals surface area contributed by atoms with Crippen molar-refractivity contribution in [2.45, 2.75) is 11.8 Å². The summed E-state index contributed by atoms with van der Waals surface area (Å²) in [5.74, 6) is 0.256. The highest BCUT2D eigenvalue weighted by Crippen LogP contribution is 2.28. The Hall–Kier alpha value is -3.18. The molecule has 0 aliphatic heterocycles. The minimum atomic E-state index is -4.06. The van der Waals surface area contributed by atoms with Gasteiger partial charge < -0.3 is 9.84 Å². The number of benzene rings is 2. The van der Waals surface area contributed by atoms with Gasteiger partial charge in [0.05, 0.1) is 22.6 Å². The standard InChI is InChI=1S/C15H16N4O6S/c1-2-25-15-7-10(3-6-14(15)20)9-17-18-12-5-4-11(26(16,23)24)8-13(12)19(21)22/h3-9,18,20H,2H2,1H3,(H2,16,23,24)/b17-9+. The summed E-state index contributed by atoms with van der Waals surface area (Å²) < 4.78 is 27.9. The maximum Gasteiger partial charge on any atom is 0.295 e. The van der Waals surface area contributed by atoms with Crippen LogP contribution >= 0.6 is 0 Å². The van der Waals surface area contributed by atoms with Gasteiger partial charge in [0.25, 0.3) is 5.69 Å². The Balaban J connectivity index is 2.25. The van der Waals surface area contributed by atoms with Crippen LogP contribution < -0.4 is 15.3 Å². The monoisotopic (exact) mass is 380 g/mol. The molecule has 0 aliphatic rings. The molecule has 0 atom stereocenters. The van der Waals surface area contributed by atoms with Crippen molar-refractivity contribution in [1.82, 2.24) is 0 Å². The molecule has 2 aromatic carbocycles. The second-order valence-corrected chi connectivity index (χ2v) is 6.57. The van der Waals surface area contributed by atoms with Gasteiger partial charge in [-0.1, -0.05) is 0 Å². The number of nitro benzene ring substituents is 1. The van der Waals surface area contributed by atoms with Crippen LogP contribution in [0.25, 0.3) is 0 Å². The van der Waals surface area contributed by atoms with Crippen LogP contribution in [0.5, 0.6) is 11.5 Å². The third kappa shape index (κ3) is 4.68. The smallest absolute Gasteiger partial charge is 0.295 e. The normalized spacial score (nSPS) is 11.5. The molecule has 0 spiro atoms. The number of hydrazone groups is 1. The Bertz CT molecular complexity index is 959. The van der Waals surface area contributed by atoms with E-state index in [1.807, 2.05) is 0 Å². The number of nitro groups is 1. The Morgan fingerprint density at radius 1 is 1.35 bits per heavy atom. The topological polar surface area (TPSA) is 157 Å². The number of aromatic hydroxyl groups is 1. The lowest BCUT2D eigenvalue weighted by Gasteiger charge is -2.06. The first-order chi connectivity index (χ1) is 12.2. The van der Waals surface area contributed by atoms with Crippen molar-refractivity contribution >= 4 is 27.6 Å². The van der Waals surface area contributed by atoms with Gasteiger partial charge in [-0.15, -0.1) is 0 Å². The molecule has 26 heavy (non-hydrogen) atoms. The van der Waals surface area contributed by atoms with E-state index >= 15 is 0 Å². The van der Waals surface area contributed by atoms with Gasteiger partial charge in [-0.3, -0.25) is 15.5 Å². The molecule has 138 valence electrons. The van der Waals surface area contributed by atoms with Crippen molar-refractivity contribution < 1.29 is 23.2 Å². The lowest BCUT2D eigenvalue weighted by Crippen LogP contribution is -2.12. The fourth-order valence-electron chi connectivity index (χ4n) is 1.99. The van der Waals surface area contributed by atoms with Crippen LogP contribution in [0.2, 0.25) is 0 Å². The minimum Gasteiger partial charge on any atom is -0.504 e. The maximum atomic E-state index is 11.3. The molecular formula is C15H16N4O6S. The van der Waals surface area contributed by atoms with E-state index in [4.69, 9.17) is 9.88 Å². The van der Waals surface area contributed by atoms with Crippen LogP contribution in [-0.4, -0.2) is 31.3 Å². The summed E-state index contributed by atoms with van der Waals surface area (Å²) in [4.78, 5) is 10.00. The van der Waals surface area contributed by atoms with E-state index in [1.165, 1.54) is 18.3 Å². The number of sulfonamides is 1. The van der Waals surface area contributed by atoms with Crippen LogP contribution in [0.1, 0.15) is 12.5 Å². The van der Waals surface area contributed by atoms with Crippen LogP contribution in [0.4, 0.5) is 11.4 Å². The third-order valence-corrected chi connectivity index (χ3v) is 4.09. The van der Waals surface area contributed by atoms with Crippen molar-refractivity contribution in [3.8, 4) is 11.5 Å². The SMILES string of the molecule is CCOc1cc(/C=N/Nc2ccc(S(N)(=O)=O)cc2[N+](=O)[O-])ccc1O. The molecule has 4 N–H and O–H groups in total. The summed E-state index contributed by atoms with van der Waals surface area (Å²) in [6.07, 6.45) is 1.36. The molecule has 0 fully saturated rings. The lowest BCUT2D eigenvalue weighted by atomic mass is 10.2. The number of anilines is 1. The van der Waals surface area contributed by atoms with Gasteiger partial charge in [-0.2, -0.15) is 5.10 Å². The van der Waals surface area contributed by atoms with Crippen molar-refractivity contribution in [3.63, 3.8) is 0 Å². The van der Waals surface area contributed by atoms with E-state index in [2.05, 4.69) is 10.5 Å². The highest BCUT2D eigenvalue weighted by Gasteiger charge is 2.18. The Morgan fingerprint density at radius 3 is 2.69 bits per heavy atom. The van der Waals surface area contributed by atoms with Crippen LogP contribution in [0.3, 0.4) is 0 Å². The first kappa shape index (κ1) is 19.1. The zero-order valence-corrected chi connectivity index (χ0v) is 14.4. The fraction of sp³-hybridized carbons (Fsp3) is 0.133. The number of hydrogen-bond donors (Lipinski definition) is 3. The van der Waals surface area contributed by atoms with Crippen LogP contribution in [-0.2, 0) is 10.0 Å². The largest absolute Gasteiger partial charge is 0.504 e. The van der Waals surface area contributed by atoms with Crippen molar-refractivity contribution in [2.75, 3.05) is 12.0 Å². The fourth-order valence-corrected chi connectivity index (χ4v) is 2.53. The molecule has 10 nitrogen and oxygen atoms in total. The number of hydrogen-bond acceptors (Lipinski definition) is 8. The highest BCUT2D eigenvalue weighted by molar-refractivity contribution is 7.89. The summed E-state index contributed by atoms with van der Waals surface area (Å²) in [5.41, 5.74) is 2.55. The number of primary sulfonamides is 1. The van der Waals surface area contributed by atoms with Crippen molar-refractivity contribution in [1.29, 1.82) is 0 Å². The van der Waals surface area contributed by atoms with Crippen molar-refractivity contribution in [2.24, 2.45) is 10.2 Å². The molecule has 0 aliphatic carbocycles. The quantitative estimate of drug-likeness (QED) is 0.375. The van der Waals surface area contributed by atoms with Crippen molar-refractivity contribution in [3.05, 3.63) is 52.1 Å². The molecule has 0 heterocycles. The predicted molar refractivity (Wildman–Crippen MR) is 95.0 cm³/mol. The lowest BCUT2D eigenvalue weighted by molar-refractivity contribution is -0.384. The van der Waals surface area contributed by atoms with Gasteiger partial charge in [-0.25, -0.2) is 13.6 Å². The minimum absolute atomic E-state index is 0.0116. The first-order valence-electron chi connectivity index (χ1n) is 7.28. The average molecular weight is 380 g/mol. The highest BCUT2D eigenvalue weighted by atomic mass is 32.2. The molecule has 0 radical (unpaired) electrons. The Labute approximate surface area is 149 Å². The number of phenols is 1. The zero-order chi connectivity index (χ0) is 19.3. The second-order valence-electron chi connectivity index (χ2n) is 5.01. The number of rotatable bonds is 7. The average Bonchev–Trinajstić information content (AvgIpc) is 2.57. The Kier molecular flexibility index (Phi) is 5.75. The molecule has 0 amide bonds. The van der Waals surface area contributed by atoms with E-state index < -0.39 is 20.6 Å². The zero-order valence-electron chi connectivity index (χ0n) is 13.6. The molecule has 0 unspecified atom stereocenters. The van der Waals surface area contributed by atoms with Gasteiger partial charge in [0.2, 0.25) is 10.0 Å². The maximum absolute atomic E-state index is 11.3. The predicted octanol–water partition coefficient (Wildman–Crippen LogP) is 1.79. The van der Waals surface area contributed by atoms with E-state index in [0.29, 0.717) is 12.2 Å². The van der Waals surface area contributed by atoms with Gasteiger partial charge in [0.15, 0.2) is 11.5 Å². The number of nitrogens with two attached hydrogens (primary N) is 1. The molecule has 2 aromatic rings. The van der Waals surface area contributed by atoms with Crippen LogP contribution in [0.15, 0.2) is 46.4 Å². The van der Waals surface area contributed by atoms with Gasteiger partial charge in [-0.05, 0) is 42.8 Å². The summed E-state index contributed by atoms with van der Waals surface area (Å²) in [5, 5.41) is 29.6. The molecular weight excluding hydrogens is 364 g/mol.